The molecule has 0 aromatic carbocycles. The molecule has 0 spiro atoms. The van der Waals surface area contributed by atoms with E-state index in [-0.39, 0.29) is 0 Å². The first-order chi connectivity index (χ1) is 6.56. The average Bonchev–Trinajstić information content (AvgIpc) is 2.49. The quantitative estimate of drug-likeness (QED) is 0.690. The highest BCUT2D eigenvalue weighted by atomic mass is 15.2. The Morgan fingerprint density at radius 3 is 2.29 bits per heavy atom. The third-order valence-electron chi connectivity index (χ3n) is 2.94. The van der Waals surface area contributed by atoms with Crippen molar-refractivity contribution in [3.05, 3.63) is 0 Å². The van der Waals surface area contributed by atoms with Crippen LogP contribution in [0.2, 0.25) is 0 Å². The maximum atomic E-state index is 2.43. The molecule has 14 heavy (non-hydrogen) atoms. The number of nitrogens with zero attached hydrogens (tertiary/aromatic N) is 2. The van der Waals surface area contributed by atoms with Gasteiger partial charge in [0.25, 0.3) is 0 Å². The summed E-state index contributed by atoms with van der Waals surface area (Å²) in [7, 11) is 4.43. The molecule has 0 radical (unpaired) electrons. The van der Waals surface area contributed by atoms with Gasteiger partial charge in [-0.2, -0.15) is 0 Å². The Morgan fingerprint density at radius 1 is 1.36 bits per heavy atom. The second kappa shape index (κ2) is 6.41. The summed E-state index contributed by atoms with van der Waals surface area (Å²) in [5.74, 6) is 0. The predicted octanol–water partition coefficient (Wildman–Crippen LogP) is 2.31. The lowest BCUT2D eigenvalue weighted by Gasteiger charge is -2.29. The smallest absolute Gasteiger partial charge is 0.00450 e. The van der Waals surface area contributed by atoms with Crippen LogP contribution in [0, 0.1) is 5.41 Å². The summed E-state index contributed by atoms with van der Waals surface area (Å²) in [6.07, 6.45) is 1.36. The molecule has 1 heterocycles. The number of hydrogen-bond acceptors (Lipinski definition) is 2. The summed E-state index contributed by atoms with van der Waals surface area (Å²) in [6.45, 7) is 13.6. The Kier molecular flexibility index (Phi) is 6.38. The van der Waals surface area contributed by atoms with Crippen LogP contribution < -0.4 is 0 Å². The SMILES string of the molecule is CC.CCN(C)CC1(C)CCN(C)C1. The van der Waals surface area contributed by atoms with Crippen LogP contribution in [0.4, 0.5) is 0 Å². The number of likely N-dealkylation sites (tertiary alicyclic amines) is 1. The van der Waals surface area contributed by atoms with Crippen molar-refractivity contribution in [2.75, 3.05) is 40.3 Å². The zero-order valence-corrected chi connectivity index (χ0v) is 10.9. The van der Waals surface area contributed by atoms with Crippen LogP contribution in [0.25, 0.3) is 0 Å². The first-order valence-corrected chi connectivity index (χ1v) is 5.93. The van der Waals surface area contributed by atoms with Crippen LogP contribution in [0.5, 0.6) is 0 Å². The summed E-state index contributed by atoms with van der Waals surface area (Å²) in [6, 6.07) is 0. The number of rotatable bonds is 3. The van der Waals surface area contributed by atoms with Crippen molar-refractivity contribution in [2.24, 2.45) is 5.41 Å². The lowest BCUT2D eigenvalue weighted by molar-refractivity contribution is 0.202. The first kappa shape index (κ1) is 13.9. The molecule has 1 aliphatic rings. The van der Waals surface area contributed by atoms with Crippen molar-refractivity contribution >= 4 is 0 Å². The highest BCUT2D eigenvalue weighted by Crippen LogP contribution is 2.29. The van der Waals surface area contributed by atoms with Crippen molar-refractivity contribution in [3.63, 3.8) is 0 Å². The summed E-state index contributed by atoms with van der Waals surface area (Å²) in [4.78, 5) is 4.85. The standard InChI is InChI=1S/C10H22N2.C2H6/c1-5-11(3)8-10(2)6-7-12(4)9-10;1-2/h5-9H2,1-4H3;1-2H3. The fourth-order valence-corrected chi connectivity index (χ4v) is 2.16. The van der Waals surface area contributed by atoms with Crippen molar-refractivity contribution in [2.45, 2.75) is 34.1 Å². The van der Waals surface area contributed by atoms with Gasteiger partial charge in [-0.05, 0) is 39.0 Å². The van der Waals surface area contributed by atoms with E-state index in [1.165, 1.54) is 32.6 Å². The van der Waals surface area contributed by atoms with Crippen molar-refractivity contribution in [3.8, 4) is 0 Å². The Hall–Kier alpha value is -0.0800. The molecule has 1 aliphatic heterocycles. The van der Waals surface area contributed by atoms with Gasteiger partial charge in [0.2, 0.25) is 0 Å². The molecular weight excluding hydrogens is 172 g/mol. The lowest BCUT2D eigenvalue weighted by atomic mass is 9.89. The largest absolute Gasteiger partial charge is 0.306 e. The van der Waals surface area contributed by atoms with Crippen molar-refractivity contribution < 1.29 is 0 Å². The normalized spacial score (nSPS) is 27.6. The zero-order valence-electron chi connectivity index (χ0n) is 10.9. The maximum Gasteiger partial charge on any atom is 0.00450 e. The second-order valence-electron chi connectivity index (χ2n) is 4.63. The molecule has 0 bridgehead atoms. The van der Waals surface area contributed by atoms with Gasteiger partial charge in [-0.1, -0.05) is 27.7 Å². The van der Waals surface area contributed by atoms with Gasteiger partial charge >= 0.3 is 0 Å². The van der Waals surface area contributed by atoms with Crippen LogP contribution >= 0.6 is 0 Å². The van der Waals surface area contributed by atoms with E-state index in [4.69, 9.17) is 0 Å². The van der Waals surface area contributed by atoms with E-state index in [2.05, 4.69) is 37.7 Å². The van der Waals surface area contributed by atoms with Gasteiger partial charge in [-0.15, -0.1) is 0 Å². The molecule has 0 amide bonds. The minimum Gasteiger partial charge on any atom is -0.306 e. The van der Waals surface area contributed by atoms with Crippen molar-refractivity contribution in [1.29, 1.82) is 0 Å². The Labute approximate surface area is 90.3 Å². The molecule has 1 atom stereocenters. The van der Waals surface area contributed by atoms with Gasteiger partial charge in [0.05, 0.1) is 0 Å². The van der Waals surface area contributed by atoms with Crippen molar-refractivity contribution in [1.82, 2.24) is 9.80 Å². The summed E-state index contributed by atoms with van der Waals surface area (Å²) < 4.78 is 0. The second-order valence-corrected chi connectivity index (χ2v) is 4.63. The summed E-state index contributed by atoms with van der Waals surface area (Å²) in [5, 5.41) is 0. The lowest BCUT2D eigenvalue weighted by Crippen LogP contribution is -2.35. The fourth-order valence-electron chi connectivity index (χ4n) is 2.16. The van der Waals surface area contributed by atoms with Gasteiger partial charge in [-0.3, -0.25) is 0 Å². The zero-order chi connectivity index (χ0) is 11.2. The molecule has 86 valence electrons. The maximum absolute atomic E-state index is 2.43. The molecule has 1 fully saturated rings. The van der Waals surface area contributed by atoms with E-state index in [1.807, 2.05) is 13.8 Å². The third-order valence-corrected chi connectivity index (χ3v) is 2.94. The van der Waals surface area contributed by atoms with E-state index in [1.54, 1.807) is 0 Å². The molecule has 0 aromatic rings. The Bertz CT molecular complexity index is 147. The molecule has 1 saturated heterocycles. The van der Waals surface area contributed by atoms with Gasteiger partial charge < -0.3 is 9.80 Å². The summed E-state index contributed by atoms with van der Waals surface area (Å²) in [5.41, 5.74) is 0.541. The highest BCUT2D eigenvalue weighted by molar-refractivity contribution is 4.86. The third kappa shape index (κ3) is 4.43. The van der Waals surface area contributed by atoms with Crippen LogP contribution in [0.1, 0.15) is 34.1 Å². The molecule has 2 heteroatoms. The highest BCUT2D eigenvalue weighted by Gasteiger charge is 2.32. The average molecular weight is 200 g/mol. The number of hydrogen-bond donors (Lipinski definition) is 0. The molecule has 0 saturated carbocycles. The van der Waals surface area contributed by atoms with Gasteiger partial charge in [0, 0.05) is 13.1 Å². The minimum absolute atomic E-state index is 0.541. The molecular formula is C12H28N2. The van der Waals surface area contributed by atoms with Crippen LogP contribution in [0.3, 0.4) is 0 Å². The monoisotopic (exact) mass is 200 g/mol. The van der Waals surface area contributed by atoms with E-state index < -0.39 is 0 Å². The van der Waals surface area contributed by atoms with Gasteiger partial charge in [0.1, 0.15) is 0 Å². The summed E-state index contributed by atoms with van der Waals surface area (Å²) >= 11 is 0. The van der Waals surface area contributed by atoms with Crippen LogP contribution in [0.15, 0.2) is 0 Å². The predicted molar refractivity (Wildman–Crippen MR) is 64.7 cm³/mol. The van der Waals surface area contributed by atoms with E-state index in [0.717, 1.165) is 0 Å². The Morgan fingerprint density at radius 2 is 1.93 bits per heavy atom. The molecule has 1 rings (SSSR count). The first-order valence-electron chi connectivity index (χ1n) is 5.93. The molecule has 0 N–H and O–H groups in total. The van der Waals surface area contributed by atoms with Gasteiger partial charge in [0.15, 0.2) is 0 Å². The topological polar surface area (TPSA) is 6.48 Å². The fraction of sp³-hybridized carbons (Fsp3) is 1.00. The Balaban J connectivity index is 0.000000791. The molecule has 0 aliphatic carbocycles. The van der Waals surface area contributed by atoms with Crippen LogP contribution in [-0.4, -0.2) is 50.1 Å². The van der Waals surface area contributed by atoms with Crippen LogP contribution in [-0.2, 0) is 0 Å². The van der Waals surface area contributed by atoms with E-state index >= 15 is 0 Å². The van der Waals surface area contributed by atoms with E-state index in [9.17, 15) is 0 Å². The minimum atomic E-state index is 0.541. The van der Waals surface area contributed by atoms with Gasteiger partial charge in [-0.25, -0.2) is 0 Å². The molecule has 2 nitrogen and oxygen atoms in total. The van der Waals surface area contributed by atoms with E-state index in [0.29, 0.717) is 5.41 Å². The molecule has 1 unspecified atom stereocenters. The molecule has 0 aromatic heterocycles.